The molecule has 0 aliphatic carbocycles. The van der Waals surface area contributed by atoms with Crippen LogP contribution in [0, 0.1) is 0 Å². The van der Waals surface area contributed by atoms with Crippen LogP contribution in [-0.2, 0) is 4.74 Å². The van der Waals surface area contributed by atoms with Crippen molar-refractivity contribution in [3.8, 4) is 0 Å². The molecule has 26 heavy (non-hydrogen) atoms. The maximum atomic E-state index is 11.7. The van der Waals surface area contributed by atoms with Crippen molar-refractivity contribution in [2.45, 2.75) is 106 Å². The number of alkyl carbamates (subject to hydrolysis) is 1. The number of carbonyl (C=O) groups is 1. The molecular formula is C23H41NO2. The summed E-state index contributed by atoms with van der Waals surface area (Å²) < 4.78 is 5.38. The van der Waals surface area contributed by atoms with E-state index < -0.39 is 0 Å². The van der Waals surface area contributed by atoms with Gasteiger partial charge in [0.15, 0.2) is 0 Å². The van der Waals surface area contributed by atoms with Crippen LogP contribution in [0.3, 0.4) is 0 Å². The molecule has 0 aromatic carbocycles. The summed E-state index contributed by atoms with van der Waals surface area (Å²) in [4.78, 5) is 11.7. The Morgan fingerprint density at radius 3 is 2.00 bits per heavy atom. The molecule has 0 heterocycles. The van der Waals surface area contributed by atoms with Crippen molar-refractivity contribution in [1.82, 2.24) is 5.32 Å². The van der Waals surface area contributed by atoms with Crippen LogP contribution in [0.15, 0.2) is 34.9 Å². The lowest BCUT2D eigenvalue weighted by Crippen LogP contribution is -2.34. The topological polar surface area (TPSA) is 38.3 Å². The maximum absolute atomic E-state index is 11.7. The molecule has 150 valence electrons. The number of hydrogen-bond acceptors (Lipinski definition) is 2. The smallest absolute Gasteiger partial charge is 0.407 e. The zero-order valence-electron chi connectivity index (χ0n) is 18.2. The highest BCUT2D eigenvalue weighted by Gasteiger charge is 2.10. The van der Waals surface area contributed by atoms with Gasteiger partial charge in [-0.05, 0) is 86.5 Å². The molecule has 0 saturated heterocycles. The minimum absolute atomic E-state index is 0.0553. The van der Waals surface area contributed by atoms with E-state index in [1.54, 1.807) is 0 Å². The zero-order chi connectivity index (χ0) is 19.9. The van der Waals surface area contributed by atoms with E-state index >= 15 is 0 Å². The number of allylic oxidation sites excluding steroid dienone is 6. The summed E-state index contributed by atoms with van der Waals surface area (Å²) in [6, 6.07) is 0.162. The van der Waals surface area contributed by atoms with E-state index in [0.29, 0.717) is 0 Å². The van der Waals surface area contributed by atoms with E-state index in [-0.39, 0.29) is 18.2 Å². The summed E-state index contributed by atoms with van der Waals surface area (Å²) in [7, 11) is 0. The highest BCUT2D eigenvalue weighted by atomic mass is 16.6. The van der Waals surface area contributed by atoms with Crippen molar-refractivity contribution < 1.29 is 9.53 Å². The molecule has 0 spiro atoms. The zero-order valence-corrected chi connectivity index (χ0v) is 18.2. The molecule has 0 aliphatic rings. The molecule has 0 radical (unpaired) electrons. The monoisotopic (exact) mass is 363 g/mol. The molecule has 0 rings (SSSR count). The molecule has 0 saturated carbocycles. The molecule has 3 heteroatoms. The summed E-state index contributed by atoms with van der Waals surface area (Å²) >= 11 is 0. The first-order valence-corrected chi connectivity index (χ1v) is 10.2. The molecule has 0 aromatic heterocycles. The normalized spacial score (nSPS) is 14.6. The standard InChI is InChI=1S/C23H41NO2/c1-8-21(6)24-23(25)26-22(7)17-11-16-20(5)15-10-14-19(4)13-9-12-18(2)3/h12,14,16,21-22H,8-11,13,15,17H2,1-7H3,(H,24,25)/b19-14+,20-16+. The molecule has 0 aliphatic heterocycles. The van der Waals surface area contributed by atoms with Gasteiger partial charge in [0, 0.05) is 6.04 Å². The Kier molecular flexibility index (Phi) is 13.8. The largest absolute Gasteiger partial charge is 0.447 e. The van der Waals surface area contributed by atoms with Gasteiger partial charge in [0.05, 0.1) is 0 Å². The SMILES string of the molecule is CCC(C)NC(=O)OC(C)CC/C=C(\C)CC/C=C(\C)CCC=C(C)C. The maximum Gasteiger partial charge on any atom is 0.407 e. The third-order valence-corrected chi connectivity index (χ3v) is 4.47. The van der Waals surface area contributed by atoms with Gasteiger partial charge in [-0.1, -0.05) is 41.9 Å². The molecule has 0 aromatic rings. The van der Waals surface area contributed by atoms with Gasteiger partial charge >= 0.3 is 6.09 Å². The van der Waals surface area contributed by atoms with E-state index in [1.807, 2.05) is 20.8 Å². The lowest BCUT2D eigenvalue weighted by atomic mass is 10.1. The predicted octanol–water partition coefficient (Wildman–Crippen LogP) is 7.10. The quantitative estimate of drug-likeness (QED) is 0.375. The van der Waals surface area contributed by atoms with Crippen LogP contribution in [0.4, 0.5) is 4.79 Å². The van der Waals surface area contributed by atoms with Gasteiger partial charge in [0.1, 0.15) is 6.10 Å². The Balaban J connectivity index is 3.99. The van der Waals surface area contributed by atoms with E-state index in [0.717, 1.165) is 44.9 Å². The third-order valence-electron chi connectivity index (χ3n) is 4.47. The van der Waals surface area contributed by atoms with Crippen molar-refractivity contribution in [2.24, 2.45) is 0 Å². The van der Waals surface area contributed by atoms with Crippen LogP contribution in [-0.4, -0.2) is 18.2 Å². The molecule has 2 atom stereocenters. The number of nitrogens with one attached hydrogen (secondary N) is 1. The number of amides is 1. The van der Waals surface area contributed by atoms with Crippen LogP contribution < -0.4 is 5.32 Å². The molecule has 2 unspecified atom stereocenters. The molecular weight excluding hydrogens is 322 g/mol. The Bertz CT molecular complexity index is 484. The number of carbonyl (C=O) groups excluding carboxylic acids is 1. The van der Waals surface area contributed by atoms with E-state index in [9.17, 15) is 4.79 Å². The van der Waals surface area contributed by atoms with Gasteiger partial charge in [-0.15, -0.1) is 0 Å². The lowest BCUT2D eigenvalue weighted by Gasteiger charge is -2.16. The number of ether oxygens (including phenoxy) is 1. The first-order valence-electron chi connectivity index (χ1n) is 10.2. The van der Waals surface area contributed by atoms with E-state index in [4.69, 9.17) is 4.74 Å². The van der Waals surface area contributed by atoms with Crippen molar-refractivity contribution in [2.75, 3.05) is 0 Å². The lowest BCUT2D eigenvalue weighted by molar-refractivity contribution is 0.0999. The number of hydrogen-bond donors (Lipinski definition) is 1. The Morgan fingerprint density at radius 2 is 1.46 bits per heavy atom. The summed E-state index contributed by atoms with van der Waals surface area (Å²) in [6.07, 6.45) is 13.8. The molecule has 3 nitrogen and oxygen atoms in total. The van der Waals surface area contributed by atoms with Crippen molar-refractivity contribution in [1.29, 1.82) is 0 Å². The minimum atomic E-state index is -0.304. The van der Waals surface area contributed by atoms with Crippen LogP contribution >= 0.6 is 0 Å². The highest BCUT2D eigenvalue weighted by Crippen LogP contribution is 2.13. The fourth-order valence-electron chi connectivity index (χ4n) is 2.48. The predicted molar refractivity (Wildman–Crippen MR) is 113 cm³/mol. The molecule has 1 N–H and O–H groups in total. The number of rotatable bonds is 12. The van der Waals surface area contributed by atoms with E-state index in [2.05, 4.69) is 51.2 Å². The first-order chi connectivity index (χ1) is 12.2. The van der Waals surface area contributed by atoms with Crippen LogP contribution in [0.1, 0.15) is 93.4 Å². The van der Waals surface area contributed by atoms with E-state index in [1.165, 1.54) is 16.7 Å². The van der Waals surface area contributed by atoms with Gasteiger partial charge in [-0.25, -0.2) is 4.79 Å². The Morgan fingerprint density at radius 1 is 0.923 bits per heavy atom. The van der Waals surface area contributed by atoms with Gasteiger partial charge in [0.25, 0.3) is 0 Å². The second-order valence-corrected chi connectivity index (χ2v) is 7.71. The van der Waals surface area contributed by atoms with Crippen molar-refractivity contribution >= 4 is 6.09 Å². The second-order valence-electron chi connectivity index (χ2n) is 7.71. The summed E-state index contributed by atoms with van der Waals surface area (Å²) in [5.74, 6) is 0. The van der Waals surface area contributed by atoms with Gasteiger partial charge in [0.2, 0.25) is 0 Å². The molecule has 0 fully saturated rings. The Labute approximate surface area is 162 Å². The minimum Gasteiger partial charge on any atom is -0.447 e. The average molecular weight is 364 g/mol. The Hall–Kier alpha value is -1.51. The third kappa shape index (κ3) is 14.8. The molecule has 1 amide bonds. The first kappa shape index (κ1) is 24.5. The average Bonchev–Trinajstić information content (AvgIpc) is 2.54. The molecule has 0 bridgehead atoms. The second kappa shape index (κ2) is 14.6. The van der Waals surface area contributed by atoms with Crippen molar-refractivity contribution in [3.05, 3.63) is 34.9 Å². The highest BCUT2D eigenvalue weighted by molar-refractivity contribution is 5.67. The van der Waals surface area contributed by atoms with Crippen LogP contribution in [0.25, 0.3) is 0 Å². The summed E-state index contributed by atoms with van der Waals surface area (Å²) in [5, 5.41) is 2.83. The van der Waals surface area contributed by atoms with Crippen molar-refractivity contribution in [3.63, 3.8) is 0 Å². The summed E-state index contributed by atoms with van der Waals surface area (Å²) in [5.41, 5.74) is 4.28. The van der Waals surface area contributed by atoms with Gasteiger partial charge < -0.3 is 10.1 Å². The van der Waals surface area contributed by atoms with Gasteiger partial charge in [-0.2, -0.15) is 0 Å². The summed E-state index contributed by atoms with van der Waals surface area (Å²) in [6.45, 7) is 14.7. The van der Waals surface area contributed by atoms with Crippen LogP contribution in [0.2, 0.25) is 0 Å². The van der Waals surface area contributed by atoms with Crippen LogP contribution in [0.5, 0.6) is 0 Å². The fourth-order valence-corrected chi connectivity index (χ4v) is 2.48. The van der Waals surface area contributed by atoms with Gasteiger partial charge in [-0.3, -0.25) is 0 Å². The fraction of sp³-hybridized carbons (Fsp3) is 0.696.